The van der Waals surface area contributed by atoms with E-state index >= 15 is 0 Å². The first-order valence-corrected chi connectivity index (χ1v) is 8.32. The van der Waals surface area contributed by atoms with Crippen LogP contribution in [0.25, 0.3) is 0 Å². The molecule has 2 N–H and O–H groups in total. The molecular weight excluding hydrogens is 300 g/mol. The average Bonchev–Trinajstić information content (AvgIpc) is 2.53. The zero-order chi connectivity index (χ0) is 17.5. The standard InChI is InChI=1S/C20H26N2O2/c1-15-8-10-18(11-9-15)24-13-12-22(4)14-20(23)21-19-7-5-6-16(2)17(19)3/h5-11H,12-14H2,1-4H3,(H,21,23)/p+1. The van der Waals surface area contributed by atoms with E-state index < -0.39 is 0 Å². The minimum absolute atomic E-state index is 0.0246. The maximum atomic E-state index is 12.2. The molecule has 0 saturated carbocycles. The number of quaternary nitrogens is 1. The van der Waals surface area contributed by atoms with Gasteiger partial charge in [-0.3, -0.25) is 4.79 Å². The number of hydrogen-bond acceptors (Lipinski definition) is 2. The third-order valence-electron chi connectivity index (χ3n) is 4.16. The van der Waals surface area contributed by atoms with E-state index in [-0.39, 0.29) is 5.91 Å². The zero-order valence-corrected chi connectivity index (χ0v) is 15.0. The molecule has 0 heterocycles. The Labute approximate surface area is 144 Å². The molecule has 0 aliphatic rings. The predicted octanol–water partition coefficient (Wildman–Crippen LogP) is 2.14. The molecule has 0 saturated heterocycles. The van der Waals surface area contributed by atoms with Gasteiger partial charge in [0, 0.05) is 5.69 Å². The van der Waals surface area contributed by atoms with E-state index in [2.05, 4.69) is 12.2 Å². The van der Waals surface area contributed by atoms with Crippen molar-refractivity contribution in [2.75, 3.05) is 32.1 Å². The van der Waals surface area contributed by atoms with Gasteiger partial charge < -0.3 is 15.0 Å². The summed E-state index contributed by atoms with van der Waals surface area (Å²) < 4.78 is 5.71. The Morgan fingerprint density at radius 3 is 2.50 bits per heavy atom. The van der Waals surface area contributed by atoms with Gasteiger partial charge in [0.2, 0.25) is 0 Å². The molecule has 0 radical (unpaired) electrons. The third kappa shape index (κ3) is 5.39. The maximum absolute atomic E-state index is 12.2. The lowest BCUT2D eigenvalue weighted by molar-refractivity contribution is -0.871. The summed E-state index contributed by atoms with van der Waals surface area (Å²) in [5, 5.41) is 3.00. The van der Waals surface area contributed by atoms with Gasteiger partial charge in [-0.2, -0.15) is 0 Å². The lowest BCUT2D eigenvalue weighted by atomic mass is 10.1. The first-order valence-electron chi connectivity index (χ1n) is 8.32. The first kappa shape index (κ1) is 18.0. The topological polar surface area (TPSA) is 42.8 Å². The Morgan fingerprint density at radius 2 is 1.79 bits per heavy atom. The van der Waals surface area contributed by atoms with E-state index in [1.165, 1.54) is 11.1 Å². The number of carbonyl (C=O) groups is 1. The molecule has 2 aromatic rings. The van der Waals surface area contributed by atoms with Crippen molar-refractivity contribution in [1.82, 2.24) is 0 Å². The van der Waals surface area contributed by atoms with Gasteiger partial charge in [0.25, 0.3) is 5.91 Å². The number of carbonyl (C=O) groups excluding carboxylic acids is 1. The molecule has 0 aliphatic heterocycles. The Bertz CT molecular complexity index is 681. The summed E-state index contributed by atoms with van der Waals surface area (Å²) >= 11 is 0. The summed E-state index contributed by atoms with van der Waals surface area (Å²) in [7, 11) is 2.00. The smallest absolute Gasteiger partial charge is 0.279 e. The second-order valence-corrected chi connectivity index (χ2v) is 6.34. The summed E-state index contributed by atoms with van der Waals surface area (Å²) in [5.41, 5.74) is 4.41. The Morgan fingerprint density at radius 1 is 1.08 bits per heavy atom. The van der Waals surface area contributed by atoms with Crippen LogP contribution in [0.5, 0.6) is 5.75 Å². The number of benzene rings is 2. The van der Waals surface area contributed by atoms with Crippen LogP contribution >= 0.6 is 0 Å². The highest BCUT2D eigenvalue weighted by molar-refractivity contribution is 5.92. The van der Waals surface area contributed by atoms with Crippen molar-refractivity contribution in [2.45, 2.75) is 20.8 Å². The van der Waals surface area contributed by atoms with E-state index in [4.69, 9.17) is 4.74 Å². The number of ether oxygens (including phenoxy) is 1. The van der Waals surface area contributed by atoms with E-state index in [0.29, 0.717) is 13.2 Å². The molecule has 0 spiro atoms. The molecule has 0 aromatic heterocycles. The summed E-state index contributed by atoms with van der Waals surface area (Å²) in [6, 6.07) is 14.0. The van der Waals surface area contributed by atoms with Crippen molar-refractivity contribution in [2.24, 2.45) is 0 Å². The minimum atomic E-state index is 0.0246. The molecule has 0 bridgehead atoms. The van der Waals surface area contributed by atoms with Crippen LogP contribution < -0.4 is 15.0 Å². The van der Waals surface area contributed by atoms with Crippen molar-refractivity contribution in [3.63, 3.8) is 0 Å². The van der Waals surface area contributed by atoms with Crippen molar-refractivity contribution >= 4 is 11.6 Å². The van der Waals surface area contributed by atoms with Gasteiger partial charge in [-0.1, -0.05) is 29.8 Å². The molecule has 1 unspecified atom stereocenters. The van der Waals surface area contributed by atoms with Crippen molar-refractivity contribution in [3.05, 3.63) is 59.2 Å². The summed E-state index contributed by atoms with van der Waals surface area (Å²) in [5.74, 6) is 0.893. The molecule has 0 aliphatic carbocycles. The van der Waals surface area contributed by atoms with Crippen molar-refractivity contribution in [1.29, 1.82) is 0 Å². The van der Waals surface area contributed by atoms with Gasteiger partial charge in [0.1, 0.15) is 18.9 Å². The third-order valence-corrected chi connectivity index (χ3v) is 4.16. The van der Waals surface area contributed by atoms with Crippen LogP contribution in [0.4, 0.5) is 5.69 Å². The number of anilines is 1. The molecule has 2 rings (SSSR count). The average molecular weight is 327 g/mol. The fourth-order valence-corrected chi connectivity index (χ4v) is 2.42. The van der Waals surface area contributed by atoms with Crippen molar-refractivity contribution < 1.29 is 14.4 Å². The van der Waals surface area contributed by atoms with Gasteiger partial charge in [0.15, 0.2) is 6.54 Å². The number of rotatable bonds is 7. The molecule has 4 heteroatoms. The largest absolute Gasteiger partial charge is 0.488 e. The SMILES string of the molecule is Cc1ccc(OCC[NH+](C)CC(=O)Nc2cccc(C)c2C)cc1. The van der Waals surface area contributed by atoms with E-state index in [1.807, 2.05) is 63.4 Å². The van der Waals surface area contributed by atoms with Gasteiger partial charge in [0.05, 0.1) is 7.05 Å². The summed E-state index contributed by atoms with van der Waals surface area (Å²) in [4.78, 5) is 13.3. The second-order valence-electron chi connectivity index (χ2n) is 6.34. The number of amides is 1. The molecule has 24 heavy (non-hydrogen) atoms. The quantitative estimate of drug-likeness (QED) is 0.818. The highest BCUT2D eigenvalue weighted by atomic mass is 16.5. The van der Waals surface area contributed by atoms with Crippen LogP contribution in [0, 0.1) is 20.8 Å². The molecule has 4 nitrogen and oxygen atoms in total. The monoisotopic (exact) mass is 327 g/mol. The zero-order valence-electron chi connectivity index (χ0n) is 15.0. The maximum Gasteiger partial charge on any atom is 0.279 e. The number of aryl methyl sites for hydroxylation is 2. The normalized spacial score (nSPS) is 11.8. The van der Waals surface area contributed by atoms with E-state index in [1.54, 1.807) is 0 Å². The van der Waals surface area contributed by atoms with Gasteiger partial charge in [-0.15, -0.1) is 0 Å². The van der Waals surface area contributed by atoms with Crippen LogP contribution in [0.1, 0.15) is 16.7 Å². The summed E-state index contributed by atoms with van der Waals surface area (Å²) in [6.45, 7) is 7.91. The number of hydrogen-bond donors (Lipinski definition) is 2. The fourth-order valence-electron chi connectivity index (χ4n) is 2.42. The molecule has 1 atom stereocenters. The second kappa shape index (κ2) is 8.50. The van der Waals surface area contributed by atoms with Crippen LogP contribution in [-0.2, 0) is 4.79 Å². The lowest BCUT2D eigenvalue weighted by Gasteiger charge is -2.15. The minimum Gasteiger partial charge on any atom is -0.488 e. The lowest BCUT2D eigenvalue weighted by Crippen LogP contribution is -3.10. The van der Waals surface area contributed by atoms with Crippen LogP contribution in [0.15, 0.2) is 42.5 Å². The molecule has 1 amide bonds. The van der Waals surface area contributed by atoms with Gasteiger partial charge in [-0.05, 0) is 50.1 Å². The highest BCUT2D eigenvalue weighted by Crippen LogP contribution is 2.17. The molecule has 128 valence electrons. The van der Waals surface area contributed by atoms with Crippen LogP contribution in [0.2, 0.25) is 0 Å². The number of nitrogens with one attached hydrogen (secondary N) is 2. The Kier molecular flexibility index (Phi) is 6.38. The summed E-state index contributed by atoms with van der Waals surface area (Å²) in [6.07, 6.45) is 0. The van der Waals surface area contributed by atoms with Crippen molar-refractivity contribution in [3.8, 4) is 5.75 Å². The Balaban J connectivity index is 1.75. The molecular formula is C20H27N2O2+. The molecule has 2 aromatic carbocycles. The Hall–Kier alpha value is -2.33. The van der Waals surface area contributed by atoms with Crippen LogP contribution in [-0.4, -0.2) is 32.7 Å². The number of likely N-dealkylation sites (N-methyl/N-ethyl adjacent to an activating group) is 1. The fraction of sp³-hybridized carbons (Fsp3) is 0.350. The molecule has 0 fully saturated rings. The highest BCUT2D eigenvalue weighted by Gasteiger charge is 2.11. The first-order chi connectivity index (χ1) is 11.5. The van der Waals surface area contributed by atoms with Gasteiger partial charge >= 0.3 is 0 Å². The van der Waals surface area contributed by atoms with Gasteiger partial charge in [-0.25, -0.2) is 0 Å². The predicted molar refractivity (Wildman–Crippen MR) is 97.8 cm³/mol. The van der Waals surface area contributed by atoms with E-state index in [0.717, 1.165) is 28.4 Å². The van der Waals surface area contributed by atoms with E-state index in [9.17, 15) is 4.79 Å². The van der Waals surface area contributed by atoms with Crippen LogP contribution in [0.3, 0.4) is 0 Å².